The summed E-state index contributed by atoms with van der Waals surface area (Å²) in [6.07, 6.45) is 0.679. The zero-order valence-electron chi connectivity index (χ0n) is 10.6. The topological polar surface area (TPSA) is 102 Å². The number of phenolic OH excluding ortho intramolecular Hbond substituents is 1. The highest BCUT2D eigenvalue weighted by molar-refractivity contribution is 5.95. The summed E-state index contributed by atoms with van der Waals surface area (Å²) in [6.45, 7) is 3.52. The predicted molar refractivity (Wildman–Crippen MR) is 68.2 cm³/mol. The van der Waals surface area contributed by atoms with Crippen molar-refractivity contribution in [3.63, 3.8) is 0 Å². The first kappa shape index (κ1) is 14.9. The summed E-state index contributed by atoms with van der Waals surface area (Å²) < 4.78 is 5.12. The summed E-state index contributed by atoms with van der Waals surface area (Å²) in [5.74, 6) is -0.909. The van der Waals surface area contributed by atoms with Gasteiger partial charge in [-0.05, 0) is 25.5 Å². The molecule has 0 aliphatic carbocycles. The SMILES string of the molecule is CCOCCCNC(=O)c1ccc([N+](=O)[O-])c(O)c1. The number of nitro groups is 1. The summed E-state index contributed by atoms with van der Waals surface area (Å²) in [5.41, 5.74) is -0.243. The number of aromatic hydroxyl groups is 1. The number of nitro benzene ring substituents is 1. The van der Waals surface area contributed by atoms with Crippen molar-refractivity contribution in [2.75, 3.05) is 19.8 Å². The van der Waals surface area contributed by atoms with Crippen LogP contribution in [0.2, 0.25) is 0 Å². The molecular weight excluding hydrogens is 252 g/mol. The molecule has 0 heterocycles. The molecule has 1 aromatic rings. The number of nitrogens with one attached hydrogen (secondary N) is 1. The highest BCUT2D eigenvalue weighted by Gasteiger charge is 2.15. The molecule has 0 saturated carbocycles. The molecule has 0 bridgehead atoms. The molecule has 0 spiro atoms. The van der Waals surface area contributed by atoms with E-state index in [-0.39, 0.29) is 11.5 Å². The quantitative estimate of drug-likeness (QED) is 0.443. The van der Waals surface area contributed by atoms with Crippen LogP contribution >= 0.6 is 0 Å². The molecule has 1 rings (SSSR count). The largest absolute Gasteiger partial charge is 0.502 e. The Labute approximate surface area is 110 Å². The van der Waals surface area contributed by atoms with Gasteiger partial charge in [-0.25, -0.2) is 0 Å². The molecule has 104 valence electrons. The number of amides is 1. The Morgan fingerprint density at radius 3 is 2.84 bits per heavy atom. The number of phenols is 1. The van der Waals surface area contributed by atoms with Crippen molar-refractivity contribution < 1.29 is 19.6 Å². The van der Waals surface area contributed by atoms with Crippen molar-refractivity contribution in [2.45, 2.75) is 13.3 Å². The first-order valence-electron chi connectivity index (χ1n) is 5.89. The number of carbonyl (C=O) groups is 1. The molecule has 1 aromatic carbocycles. The third-order valence-electron chi connectivity index (χ3n) is 2.39. The summed E-state index contributed by atoms with van der Waals surface area (Å²) in [4.78, 5) is 21.5. The van der Waals surface area contributed by atoms with Gasteiger partial charge >= 0.3 is 5.69 Å². The highest BCUT2D eigenvalue weighted by Crippen LogP contribution is 2.26. The maximum Gasteiger partial charge on any atom is 0.310 e. The lowest BCUT2D eigenvalue weighted by atomic mass is 10.2. The van der Waals surface area contributed by atoms with Crippen molar-refractivity contribution in [3.8, 4) is 5.75 Å². The number of rotatable bonds is 7. The average Bonchev–Trinajstić information content (AvgIpc) is 2.37. The second kappa shape index (κ2) is 7.32. The van der Waals surface area contributed by atoms with Crippen molar-refractivity contribution in [1.82, 2.24) is 5.32 Å². The van der Waals surface area contributed by atoms with Crippen LogP contribution < -0.4 is 5.32 Å². The lowest BCUT2D eigenvalue weighted by molar-refractivity contribution is -0.385. The molecule has 0 aliphatic rings. The molecule has 19 heavy (non-hydrogen) atoms. The van der Waals surface area contributed by atoms with E-state index in [1.807, 2.05) is 6.92 Å². The second-order valence-corrected chi connectivity index (χ2v) is 3.77. The number of hydrogen-bond donors (Lipinski definition) is 2. The first-order valence-corrected chi connectivity index (χ1v) is 5.89. The Morgan fingerprint density at radius 1 is 1.53 bits per heavy atom. The smallest absolute Gasteiger partial charge is 0.310 e. The minimum absolute atomic E-state index is 0.180. The van der Waals surface area contributed by atoms with Crippen LogP contribution in [0.3, 0.4) is 0 Å². The molecule has 1 amide bonds. The van der Waals surface area contributed by atoms with E-state index in [1.165, 1.54) is 6.07 Å². The zero-order chi connectivity index (χ0) is 14.3. The van der Waals surface area contributed by atoms with Crippen molar-refractivity contribution in [2.24, 2.45) is 0 Å². The molecule has 0 atom stereocenters. The maximum absolute atomic E-state index is 11.7. The van der Waals surface area contributed by atoms with E-state index in [0.29, 0.717) is 26.2 Å². The van der Waals surface area contributed by atoms with Crippen molar-refractivity contribution in [3.05, 3.63) is 33.9 Å². The van der Waals surface area contributed by atoms with Crippen LogP contribution in [0.4, 0.5) is 5.69 Å². The Morgan fingerprint density at radius 2 is 2.26 bits per heavy atom. The van der Waals surface area contributed by atoms with Gasteiger partial charge in [0.05, 0.1) is 4.92 Å². The van der Waals surface area contributed by atoms with E-state index in [2.05, 4.69) is 5.32 Å². The van der Waals surface area contributed by atoms with E-state index in [4.69, 9.17) is 4.74 Å². The first-order chi connectivity index (χ1) is 9.06. The molecule has 7 nitrogen and oxygen atoms in total. The van der Waals surface area contributed by atoms with E-state index in [0.717, 1.165) is 12.1 Å². The number of carbonyl (C=O) groups excluding carboxylic acids is 1. The van der Waals surface area contributed by atoms with Crippen molar-refractivity contribution in [1.29, 1.82) is 0 Å². The van der Waals surface area contributed by atoms with Gasteiger partial charge in [-0.2, -0.15) is 0 Å². The van der Waals surface area contributed by atoms with Gasteiger partial charge in [0.25, 0.3) is 5.91 Å². The van der Waals surface area contributed by atoms with Crippen LogP contribution in [0.1, 0.15) is 23.7 Å². The lowest BCUT2D eigenvalue weighted by Gasteiger charge is -2.05. The maximum atomic E-state index is 11.7. The molecule has 0 aliphatic heterocycles. The Bertz CT molecular complexity index is 461. The zero-order valence-corrected chi connectivity index (χ0v) is 10.6. The van der Waals surface area contributed by atoms with Gasteiger partial charge in [-0.1, -0.05) is 0 Å². The average molecular weight is 268 g/mol. The van der Waals surface area contributed by atoms with Gasteiger partial charge in [0.2, 0.25) is 0 Å². The fourth-order valence-corrected chi connectivity index (χ4v) is 1.44. The Kier molecular flexibility index (Phi) is 5.74. The normalized spacial score (nSPS) is 10.2. The van der Waals surface area contributed by atoms with Crippen LogP contribution in [0, 0.1) is 10.1 Å². The molecule has 0 fully saturated rings. The van der Waals surface area contributed by atoms with Crippen LogP contribution in [-0.2, 0) is 4.74 Å². The molecule has 0 aromatic heterocycles. The minimum atomic E-state index is -0.709. The third-order valence-corrected chi connectivity index (χ3v) is 2.39. The standard InChI is InChI=1S/C12H16N2O5/c1-2-19-7-3-6-13-12(16)9-4-5-10(14(17)18)11(15)8-9/h4-5,8,15H,2-3,6-7H2,1H3,(H,13,16). The van der Waals surface area contributed by atoms with Gasteiger partial charge in [-0.15, -0.1) is 0 Å². The fraction of sp³-hybridized carbons (Fsp3) is 0.417. The summed E-state index contributed by atoms with van der Waals surface area (Å²) in [5, 5.41) is 22.6. The summed E-state index contributed by atoms with van der Waals surface area (Å²) in [6, 6.07) is 3.48. The fourth-order valence-electron chi connectivity index (χ4n) is 1.44. The van der Waals surface area contributed by atoms with Crippen LogP contribution in [0.15, 0.2) is 18.2 Å². The van der Waals surface area contributed by atoms with E-state index < -0.39 is 16.4 Å². The Hall–Kier alpha value is -2.15. The van der Waals surface area contributed by atoms with Gasteiger partial charge < -0.3 is 15.2 Å². The lowest BCUT2D eigenvalue weighted by Crippen LogP contribution is -2.25. The van der Waals surface area contributed by atoms with Crippen LogP contribution in [0.25, 0.3) is 0 Å². The number of nitrogens with zero attached hydrogens (tertiary/aromatic N) is 1. The number of hydrogen-bond acceptors (Lipinski definition) is 5. The number of ether oxygens (including phenoxy) is 1. The molecular formula is C12H16N2O5. The predicted octanol–water partition coefficient (Wildman–Crippen LogP) is 1.46. The molecule has 0 unspecified atom stereocenters. The van der Waals surface area contributed by atoms with Gasteiger partial charge in [0.15, 0.2) is 5.75 Å². The molecule has 2 N–H and O–H groups in total. The number of benzene rings is 1. The second-order valence-electron chi connectivity index (χ2n) is 3.77. The Balaban J connectivity index is 2.53. The van der Waals surface area contributed by atoms with E-state index in [1.54, 1.807) is 0 Å². The van der Waals surface area contributed by atoms with Crippen LogP contribution in [-0.4, -0.2) is 35.7 Å². The molecule has 0 saturated heterocycles. The molecule has 7 heteroatoms. The minimum Gasteiger partial charge on any atom is -0.502 e. The summed E-state index contributed by atoms with van der Waals surface area (Å²) >= 11 is 0. The third kappa shape index (κ3) is 4.55. The van der Waals surface area contributed by atoms with Crippen LogP contribution in [0.5, 0.6) is 5.75 Å². The van der Waals surface area contributed by atoms with Gasteiger partial charge in [-0.3, -0.25) is 14.9 Å². The van der Waals surface area contributed by atoms with E-state index in [9.17, 15) is 20.0 Å². The highest BCUT2D eigenvalue weighted by atomic mass is 16.6. The van der Waals surface area contributed by atoms with E-state index >= 15 is 0 Å². The summed E-state index contributed by atoms with van der Waals surface area (Å²) in [7, 11) is 0. The van der Waals surface area contributed by atoms with Gasteiger partial charge in [0.1, 0.15) is 0 Å². The van der Waals surface area contributed by atoms with Gasteiger partial charge in [0, 0.05) is 31.4 Å². The molecule has 0 radical (unpaired) electrons. The van der Waals surface area contributed by atoms with Crippen molar-refractivity contribution >= 4 is 11.6 Å². The monoisotopic (exact) mass is 268 g/mol.